The molecule has 0 atom stereocenters. The van der Waals surface area contributed by atoms with Gasteiger partial charge in [0.15, 0.2) is 0 Å². The molecule has 28 heavy (non-hydrogen) atoms. The van der Waals surface area contributed by atoms with Crippen LogP contribution in [0.15, 0.2) is 29.3 Å². The number of aromatic nitrogens is 2. The zero-order valence-electron chi connectivity index (χ0n) is 16.6. The van der Waals surface area contributed by atoms with E-state index < -0.39 is 5.97 Å². The molecule has 146 valence electrons. The van der Waals surface area contributed by atoms with Gasteiger partial charge >= 0.3 is 5.97 Å². The van der Waals surface area contributed by atoms with Crippen LogP contribution in [0.25, 0.3) is 21.7 Å². The van der Waals surface area contributed by atoms with Gasteiger partial charge in [-0.15, -0.1) is 0 Å². The van der Waals surface area contributed by atoms with E-state index in [0.29, 0.717) is 11.9 Å². The molecule has 3 heterocycles. The molecule has 0 aliphatic carbocycles. The van der Waals surface area contributed by atoms with Crippen molar-refractivity contribution in [1.82, 2.24) is 9.55 Å². The Kier molecular flexibility index (Phi) is 4.79. The Labute approximate surface area is 163 Å². The second kappa shape index (κ2) is 7.26. The molecule has 6 heteroatoms. The molecule has 3 aromatic rings. The lowest BCUT2D eigenvalue weighted by molar-refractivity contribution is 0.0524. The van der Waals surface area contributed by atoms with Gasteiger partial charge in [0.2, 0.25) is 5.43 Å². The molecule has 1 aromatic carbocycles. The van der Waals surface area contributed by atoms with Crippen LogP contribution < -0.4 is 10.3 Å². The van der Waals surface area contributed by atoms with Gasteiger partial charge in [-0.1, -0.05) is 0 Å². The Morgan fingerprint density at radius 1 is 1.18 bits per heavy atom. The first-order chi connectivity index (χ1) is 13.6. The van der Waals surface area contributed by atoms with Crippen LogP contribution in [0.5, 0.6) is 0 Å². The fourth-order valence-electron chi connectivity index (χ4n) is 4.23. The van der Waals surface area contributed by atoms with E-state index in [1.165, 1.54) is 0 Å². The lowest BCUT2D eigenvalue weighted by Crippen LogP contribution is -2.22. The number of fused-ring (bicyclic) bond motifs is 2. The number of nitrogens with zero attached hydrogens (tertiary/aromatic N) is 3. The highest BCUT2D eigenvalue weighted by Gasteiger charge is 2.21. The van der Waals surface area contributed by atoms with E-state index in [1.54, 1.807) is 13.1 Å². The first-order valence-electron chi connectivity index (χ1n) is 9.94. The van der Waals surface area contributed by atoms with Crippen LogP contribution >= 0.6 is 0 Å². The summed E-state index contributed by atoms with van der Waals surface area (Å²) in [6.45, 7) is 8.63. The molecule has 0 saturated carbocycles. The van der Waals surface area contributed by atoms with E-state index in [4.69, 9.17) is 4.74 Å². The minimum Gasteiger partial charge on any atom is -0.462 e. The lowest BCUT2D eigenvalue weighted by Gasteiger charge is -2.21. The third kappa shape index (κ3) is 2.84. The molecular formula is C22H25N3O3. The number of benzene rings is 1. The van der Waals surface area contributed by atoms with Crippen molar-refractivity contribution in [2.45, 2.75) is 40.2 Å². The number of hydrogen-bond donors (Lipinski definition) is 0. The zero-order chi connectivity index (χ0) is 19.8. The zero-order valence-corrected chi connectivity index (χ0v) is 16.6. The quantitative estimate of drug-likeness (QED) is 0.511. The second-order valence-electron chi connectivity index (χ2n) is 7.20. The molecule has 0 N–H and O–H groups in total. The van der Waals surface area contributed by atoms with Crippen LogP contribution in [0.1, 0.15) is 42.6 Å². The van der Waals surface area contributed by atoms with Gasteiger partial charge < -0.3 is 14.2 Å². The fourth-order valence-corrected chi connectivity index (χ4v) is 4.23. The molecule has 2 aromatic heterocycles. The van der Waals surface area contributed by atoms with E-state index >= 15 is 0 Å². The minimum absolute atomic E-state index is 0.0848. The van der Waals surface area contributed by atoms with Crippen LogP contribution in [0.4, 0.5) is 5.82 Å². The molecule has 4 rings (SSSR count). The van der Waals surface area contributed by atoms with Crippen molar-refractivity contribution in [3.63, 3.8) is 0 Å². The Bertz CT molecular complexity index is 1130. The Hall–Kier alpha value is -2.89. The van der Waals surface area contributed by atoms with Gasteiger partial charge in [0.1, 0.15) is 11.4 Å². The van der Waals surface area contributed by atoms with Gasteiger partial charge in [0, 0.05) is 42.8 Å². The number of aryl methyl sites for hydroxylation is 2. The topological polar surface area (TPSA) is 64.4 Å². The Morgan fingerprint density at radius 3 is 2.61 bits per heavy atom. The van der Waals surface area contributed by atoms with Crippen molar-refractivity contribution >= 4 is 33.5 Å². The summed E-state index contributed by atoms with van der Waals surface area (Å²) in [6.07, 6.45) is 5.78. The first kappa shape index (κ1) is 18.5. The Morgan fingerprint density at radius 2 is 1.93 bits per heavy atom. The normalized spacial score (nSPS) is 14.2. The van der Waals surface area contributed by atoms with Crippen molar-refractivity contribution in [1.29, 1.82) is 0 Å². The van der Waals surface area contributed by atoms with Gasteiger partial charge in [-0.05, 0) is 56.7 Å². The number of pyridine rings is 2. The molecule has 1 aliphatic heterocycles. The minimum atomic E-state index is -0.569. The van der Waals surface area contributed by atoms with Gasteiger partial charge in [0.05, 0.1) is 12.1 Å². The summed E-state index contributed by atoms with van der Waals surface area (Å²) >= 11 is 0. The van der Waals surface area contributed by atoms with Crippen LogP contribution in [0, 0.1) is 6.92 Å². The molecule has 0 amide bonds. The van der Waals surface area contributed by atoms with Crippen LogP contribution in [-0.2, 0) is 11.3 Å². The van der Waals surface area contributed by atoms with E-state index in [0.717, 1.165) is 53.6 Å². The van der Waals surface area contributed by atoms with Gasteiger partial charge in [-0.3, -0.25) is 4.79 Å². The molecule has 6 nitrogen and oxygen atoms in total. The standard InChI is InChI=1S/C22H25N3O3/c1-4-24-13-18(22(27)28-5-2)20(26)17-12-16-15(14(3)19(17)24)8-9-23-21(16)25-10-6-7-11-25/h8-9,12-13H,4-7,10-11H2,1-3H3. The number of esters is 1. The summed E-state index contributed by atoms with van der Waals surface area (Å²) in [4.78, 5) is 32.4. The lowest BCUT2D eigenvalue weighted by atomic mass is 10.00. The number of carbonyl (C=O) groups excluding carboxylic acids is 1. The van der Waals surface area contributed by atoms with Crippen molar-refractivity contribution in [3.8, 4) is 0 Å². The smallest absolute Gasteiger partial charge is 0.343 e. The Balaban J connectivity index is 2.08. The third-order valence-electron chi connectivity index (χ3n) is 5.58. The second-order valence-corrected chi connectivity index (χ2v) is 7.20. The maximum absolute atomic E-state index is 13.2. The summed E-state index contributed by atoms with van der Waals surface area (Å²) in [5.41, 5.74) is 1.71. The number of hydrogen-bond acceptors (Lipinski definition) is 5. The van der Waals surface area contributed by atoms with Crippen molar-refractivity contribution in [2.75, 3.05) is 24.6 Å². The average Bonchev–Trinajstić information content (AvgIpc) is 3.23. The van der Waals surface area contributed by atoms with E-state index in [9.17, 15) is 9.59 Å². The molecule has 0 unspecified atom stereocenters. The highest BCUT2D eigenvalue weighted by molar-refractivity contribution is 6.06. The van der Waals surface area contributed by atoms with Crippen LogP contribution in [0.3, 0.4) is 0 Å². The SMILES string of the molecule is CCOC(=O)c1cn(CC)c2c(C)c3ccnc(N4CCCC4)c3cc2c1=O. The molecule has 0 spiro atoms. The van der Waals surface area contributed by atoms with Gasteiger partial charge in [-0.25, -0.2) is 9.78 Å². The summed E-state index contributed by atoms with van der Waals surface area (Å²) in [5.74, 6) is 0.351. The third-order valence-corrected chi connectivity index (χ3v) is 5.58. The molecule has 1 aliphatic rings. The van der Waals surface area contributed by atoms with E-state index in [-0.39, 0.29) is 17.6 Å². The number of carbonyl (C=O) groups is 1. The maximum atomic E-state index is 13.2. The predicted octanol–water partition coefficient (Wildman–Crippen LogP) is 3.65. The fraction of sp³-hybridized carbons (Fsp3) is 0.409. The molecular weight excluding hydrogens is 354 g/mol. The summed E-state index contributed by atoms with van der Waals surface area (Å²) in [7, 11) is 0. The van der Waals surface area contributed by atoms with Crippen molar-refractivity contribution < 1.29 is 9.53 Å². The van der Waals surface area contributed by atoms with E-state index in [2.05, 4.69) is 9.88 Å². The van der Waals surface area contributed by atoms with Crippen molar-refractivity contribution in [2.24, 2.45) is 0 Å². The van der Waals surface area contributed by atoms with E-state index in [1.807, 2.05) is 36.7 Å². The summed E-state index contributed by atoms with van der Waals surface area (Å²) in [6, 6.07) is 3.92. The van der Waals surface area contributed by atoms with Gasteiger partial charge in [0.25, 0.3) is 0 Å². The number of rotatable bonds is 4. The predicted molar refractivity (Wildman–Crippen MR) is 111 cm³/mol. The summed E-state index contributed by atoms with van der Waals surface area (Å²) < 4.78 is 7.07. The average molecular weight is 379 g/mol. The highest BCUT2D eigenvalue weighted by atomic mass is 16.5. The first-order valence-corrected chi connectivity index (χ1v) is 9.94. The molecule has 1 fully saturated rings. The van der Waals surface area contributed by atoms with Gasteiger partial charge in [-0.2, -0.15) is 0 Å². The largest absolute Gasteiger partial charge is 0.462 e. The molecule has 0 bridgehead atoms. The highest BCUT2D eigenvalue weighted by Crippen LogP contribution is 2.33. The van der Waals surface area contributed by atoms with Crippen LogP contribution in [0.2, 0.25) is 0 Å². The monoisotopic (exact) mass is 379 g/mol. The van der Waals surface area contributed by atoms with Crippen molar-refractivity contribution in [3.05, 3.63) is 45.9 Å². The number of ether oxygens (including phenoxy) is 1. The number of anilines is 1. The molecule has 0 radical (unpaired) electrons. The molecule has 1 saturated heterocycles. The van der Waals surface area contributed by atoms with Crippen LogP contribution in [-0.4, -0.2) is 35.2 Å². The summed E-state index contributed by atoms with van der Waals surface area (Å²) in [5, 5.41) is 2.61. The maximum Gasteiger partial charge on any atom is 0.343 e.